The molecular weight excluding hydrogens is 226 g/mol. The van der Waals surface area contributed by atoms with E-state index in [9.17, 15) is 0 Å². The minimum Gasteiger partial charge on any atom is -0.478 e. The number of hydrogen-bond donors (Lipinski definition) is 1. The number of nitrogens with zero attached hydrogens (tertiary/aromatic N) is 2. The normalized spacial score (nSPS) is 17.1. The molecular formula is C14H23N3O. The molecule has 0 bridgehead atoms. The van der Waals surface area contributed by atoms with Crippen molar-refractivity contribution in [1.29, 1.82) is 0 Å². The van der Waals surface area contributed by atoms with Crippen LogP contribution in [0.15, 0.2) is 6.33 Å². The Morgan fingerprint density at radius 1 is 1.33 bits per heavy atom. The van der Waals surface area contributed by atoms with Crippen LogP contribution in [0.25, 0.3) is 0 Å². The van der Waals surface area contributed by atoms with Gasteiger partial charge in [0.25, 0.3) is 0 Å². The number of hydrogen-bond acceptors (Lipinski definition) is 4. The number of ether oxygens (including phenoxy) is 1. The highest BCUT2D eigenvalue weighted by Crippen LogP contribution is 2.43. The number of anilines is 1. The molecule has 1 N–H and O–H groups in total. The highest BCUT2D eigenvalue weighted by molar-refractivity contribution is 5.47. The summed E-state index contributed by atoms with van der Waals surface area (Å²) < 4.78 is 5.48. The molecule has 1 aliphatic rings. The highest BCUT2D eigenvalue weighted by atomic mass is 16.5. The lowest BCUT2D eigenvalue weighted by Gasteiger charge is -2.41. The monoisotopic (exact) mass is 249 g/mol. The molecule has 4 nitrogen and oxygen atoms in total. The number of rotatable bonds is 6. The molecule has 100 valence electrons. The van der Waals surface area contributed by atoms with Crippen LogP contribution < -0.4 is 10.1 Å². The van der Waals surface area contributed by atoms with E-state index in [0.717, 1.165) is 17.9 Å². The smallest absolute Gasteiger partial charge is 0.221 e. The molecule has 1 heterocycles. The van der Waals surface area contributed by atoms with Crippen molar-refractivity contribution in [3.05, 3.63) is 11.9 Å². The summed E-state index contributed by atoms with van der Waals surface area (Å²) >= 11 is 0. The van der Waals surface area contributed by atoms with Crippen LogP contribution in [0.3, 0.4) is 0 Å². The van der Waals surface area contributed by atoms with Crippen LogP contribution in [0.5, 0.6) is 5.88 Å². The van der Waals surface area contributed by atoms with Gasteiger partial charge in [0.15, 0.2) is 0 Å². The Bertz CT molecular complexity index is 397. The van der Waals surface area contributed by atoms with Crippen LogP contribution in [0, 0.1) is 12.3 Å². The van der Waals surface area contributed by atoms with Gasteiger partial charge < -0.3 is 10.1 Å². The molecule has 0 radical (unpaired) electrons. The van der Waals surface area contributed by atoms with E-state index in [1.54, 1.807) is 6.33 Å². The fraction of sp³-hybridized carbons (Fsp3) is 0.714. The number of aromatic nitrogens is 2. The van der Waals surface area contributed by atoms with Crippen LogP contribution in [0.1, 0.15) is 45.1 Å². The van der Waals surface area contributed by atoms with Crippen molar-refractivity contribution in [1.82, 2.24) is 9.97 Å². The summed E-state index contributed by atoms with van der Waals surface area (Å²) in [5.41, 5.74) is 1.49. The predicted molar refractivity (Wildman–Crippen MR) is 73.0 cm³/mol. The van der Waals surface area contributed by atoms with E-state index in [4.69, 9.17) is 4.74 Å². The fourth-order valence-corrected chi connectivity index (χ4v) is 2.50. The van der Waals surface area contributed by atoms with E-state index in [-0.39, 0.29) is 0 Å². The number of nitrogens with one attached hydrogen (secondary N) is 1. The lowest BCUT2D eigenvalue weighted by atomic mass is 9.67. The van der Waals surface area contributed by atoms with E-state index >= 15 is 0 Å². The summed E-state index contributed by atoms with van der Waals surface area (Å²) in [6, 6.07) is 0. The van der Waals surface area contributed by atoms with Crippen molar-refractivity contribution in [3.8, 4) is 5.88 Å². The molecule has 2 rings (SSSR count). The maximum absolute atomic E-state index is 5.48. The topological polar surface area (TPSA) is 47.0 Å². The molecule has 1 aromatic rings. The Balaban J connectivity index is 2.02. The van der Waals surface area contributed by atoms with Crippen LogP contribution in [-0.2, 0) is 0 Å². The van der Waals surface area contributed by atoms with E-state index < -0.39 is 0 Å². The second kappa shape index (κ2) is 5.55. The average molecular weight is 249 g/mol. The van der Waals surface area contributed by atoms with Crippen molar-refractivity contribution < 1.29 is 4.74 Å². The third-order valence-corrected chi connectivity index (χ3v) is 4.11. The van der Waals surface area contributed by atoms with Crippen molar-refractivity contribution in [2.24, 2.45) is 5.41 Å². The van der Waals surface area contributed by atoms with Crippen LogP contribution in [0.4, 0.5) is 5.82 Å². The molecule has 0 aliphatic heterocycles. The van der Waals surface area contributed by atoms with Gasteiger partial charge in [0.1, 0.15) is 12.1 Å². The second-order valence-electron chi connectivity index (χ2n) is 5.15. The zero-order valence-electron chi connectivity index (χ0n) is 11.6. The van der Waals surface area contributed by atoms with Gasteiger partial charge in [-0.15, -0.1) is 0 Å². The molecule has 1 saturated carbocycles. The van der Waals surface area contributed by atoms with Crippen molar-refractivity contribution in [2.75, 3.05) is 18.5 Å². The molecule has 4 heteroatoms. The third kappa shape index (κ3) is 2.57. The minimum absolute atomic E-state index is 0.489. The summed E-state index contributed by atoms with van der Waals surface area (Å²) in [6.45, 7) is 7.89. The first-order valence-corrected chi connectivity index (χ1v) is 6.89. The molecule has 0 aromatic carbocycles. The summed E-state index contributed by atoms with van der Waals surface area (Å²) in [7, 11) is 0. The first kappa shape index (κ1) is 13.1. The zero-order chi connectivity index (χ0) is 13.0. The predicted octanol–water partition coefficient (Wildman–Crippen LogP) is 3.18. The third-order valence-electron chi connectivity index (χ3n) is 4.11. The molecule has 0 saturated heterocycles. The van der Waals surface area contributed by atoms with Gasteiger partial charge in [0, 0.05) is 6.54 Å². The highest BCUT2D eigenvalue weighted by Gasteiger charge is 2.34. The van der Waals surface area contributed by atoms with Crippen molar-refractivity contribution in [3.63, 3.8) is 0 Å². The fourth-order valence-electron chi connectivity index (χ4n) is 2.50. The summed E-state index contributed by atoms with van der Waals surface area (Å²) in [6.07, 6.45) is 6.84. The van der Waals surface area contributed by atoms with E-state index in [2.05, 4.69) is 22.2 Å². The first-order chi connectivity index (χ1) is 8.71. The Labute approximate surface area is 109 Å². The van der Waals surface area contributed by atoms with Gasteiger partial charge >= 0.3 is 0 Å². The van der Waals surface area contributed by atoms with Crippen LogP contribution >= 0.6 is 0 Å². The average Bonchev–Trinajstić information content (AvgIpc) is 2.33. The lowest BCUT2D eigenvalue weighted by Crippen LogP contribution is -2.36. The quantitative estimate of drug-likeness (QED) is 0.841. The van der Waals surface area contributed by atoms with Gasteiger partial charge in [0.2, 0.25) is 5.88 Å². The van der Waals surface area contributed by atoms with Crippen molar-refractivity contribution >= 4 is 5.82 Å². The second-order valence-corrected chi connectivity index (χ2v) is 5.15. The summed E-state index contributed by atoms with van der Waals surface area (Å²) in [5, 5.41) is 3.47. The minimum atomic E-state index is 0.489. The molecule has 1 aromatic heterocycles. The SMILES string of the molecule is CCOc1ncnc(NCC2(CC)CCC2)c1C. The van der Waals surface area contributed by atoms with Gasteiger partial charge in [-0.3, -0.25) is 0 Å². The van der Waals surface area contributed by atoms with Crippen molar-refractivity contribution in [2.45, 2.75) is 46.5 Å². The van der Waals surface area contributed by atoms with Gasteiger partial charge in [-0.2, -0.15) is 0 Å². The standard InChI is InChI=1S/C14H23N3O/c1-4-14(7-6-8-14)9-15-12-11(3)13(18-5-2)17-10-16-12/h10H,4-9H2,1-3H3,(H,15,16,17). The molecule has 1 fully saturated rings. The Morgan fingerprint density at radius 3 is 2.67 bits per heavy atom. The summed E-state index contributed by atoms with van der Waals surface area (Å²) in [5.74, 6) is 1.60. The zero-order valence-corrected chi connectivity index (χ0v) is 11.6. The molecule has 0 spiro atoms. The first-order valence-electron chi connectivity index (χ1n) is 6.89. The van der Waals surface area contributed by atoms with Crippen LogP contribution in [-0.4, -0.2) is 23.1 Å². The Morgan fingerprint density at radius 2 is 2.11 bits per heavy atom. The Kier molecular flexibility index (Phi) is 4.04. The van der Waals surface area contributed by atoms with E-state index in [0.29, 0.717) is 17.9 Å². The van der Waals surface area contributed by atoms with Gasteiger partial charge in [0.05, 0.1) is 12.2 Å². The molecule has 0 unspecified atom stereocenters. The molecule has 1 aliphatic carbocycles. The Hall–Kier alpha value is -1.32. The van der Waals surface area contributed by atoms with Gasteiger partial charge in [-0.05, 0) is 38.5 Å². The van der Waals surface area contributed by atoms with E-state index in [1.807, 2.05) is 13.8 Å². The largest absolute Gasteiger partial charge is 0.478 e. The maximum atomic E-state index is 5.48. The maximum Gasteiger partial charge on any atom is 0.221 e. The van der Waals surface area contributed by atoms with E-state index in [1.165, 1.54) is 25.7 Å². The van der Waals surface area contributed by atoms with Crippen LogP contribution in [0.2, 0.25) is 0 Å². The lowest BCUT2D eigenvalue weighted by molar-refractivity contribution is 0.145. The molecule has 0 atom stereocenters. The van der Waals surface area contributed by atoms with Gasteiger partial charge in [-0.25, -0.2) is 9.97 Å². The summed E-state index contributed by atoms with van der Waals surface area (Å²) in [4.78, 5) is 8.47. The molecule has 18 heavy (non-hydrogen) atoms. The van der Waals surface area contributed by atoms with Gasteiger partial charge in [-0.1, -0.05) is 13.3 Å². The molecule has 0 amide bonds.